The lowest BCUT2D eigenvalue weighted by atomic mass is 10.0. The van der Waals surface area contributed by atoms with E-state index in [1.807, 2.05) is 60.5 Å². The van der Waals surface area contributed by atoms with Crippen LogP contribution in [0.3, 0.4) is 0 Å². The average Bonchev–Trinajstić information content (AvgIpc) is 3.12. The number of hydrogen-bond acceptors (Lipinski definition) is 3. The van der Waals surface area contributed by atoms with Crippen LogP contribution in [0.1, 0.15) is 36.6 Å². The maximum absolute atomic E-state index is 13.3. The fraction of sp³-hybridized carbons (Fsp3) is 0.435. The van der Waals surface area contributed by atoms with E-state index in [-0.39, 0.29) is 11.9 Å². The maximum Gasteiger partial charge on any atom is 0.256 e. The van der Waals surface area contributed by atoms with Crippen LogP contribution in [0.15, 0.2) is 60.7 Å². The quantitative estimate of drug-likeness (QED) is 0.745. The molecule has 0 radical (unpaired) electrons. The van der Waals surface area contributed by atoms with Crippen molar-refractivity contribution in [3.05, 3.63) is 71.8 Å². The Morgan fingerprint density at radius 3 is 2.22 bits per heavy atom. The summed E-state index contributed by atoms with van der Waals surface area (Å²) in [4.78, 5) is 17.6. The number of carbonyl (C=O) groups excluding carboxylic acids is 1. The zero-order chi connectivity index (χ0) is 19.2. The minimum Gasteiger partial charge on any atom is -0.367 e. The van der Waals surface area contributed by atoms with Crippen molar-refractivity contribution in [2.75, 3.05) is 33.8 Å². The van der Waals surface area contributed by atoms with Crippen LogP contribution >= 0.6 is 0 Å². The second kappa shape index (κ2) is 9.16. The Labute approximate surface area is 162 Å². The molecule has 2 aromatic carbocycles. The van der Waals surface area contributed by atoms with Crippen molar-refractivity contribution < 1.29 is 9.53 Å². The summed E-state index contributed by atoms with van der Waals surface area (Å²) in [5, 5.41) is 0. The van der Waals surface area contributed by atoms with Crippen LogP contribution in [0, 0.1) is 5.92 Å². The van der Waals surface area contributed by atoms with E-state index >= 15 is 0 Å². The molecular formula is C23H30N2O2. The normalized spacial score (nSPS) is 19.6. The van der Waals surface area contributed by atoms with Gasteiger partial charge in [0.25, 0.3) is 5.91 Å². The molecule has 3 rings (SSSR count). The highest BCUT2D eigenvalue weighted by Crippen LogP contribution is 2.28. The van der Waals surface area contributed by atoms with E-state index < -0.39 is 6.10 Å². The molecule has 2 unspecified atom stereocenters. The molecule has 0 aliphatic carbocycles. The molecule has 4 nitrogen and oxygen atoms in total. The molecular weight excluding hydrogens is 336 g/mol. The van der Waals surface area contributed by atoms with Crippen molar-refractivity contribution in [2.24, 2.45) is 5.92 Å². The third kappa shape index (κ3) is 4.76. The van der Waals surface area contributed by atoms with Gasteiger partial charge in [-0.2, -0.15) is 0 Å². The molecule has 0 spiro atoms. The maximum atomic E-state index is 13.3. The lowest BCUT2D eigenvalue weighted by molar-refractivity contribution is -0.143. The molecule has 1 amide bonds. The van der Waals surface area contributed by atoms with Crippen molar-refractivity contribution in [2.45, 2.75) is 25.5 Å². The lowest BCUT2D eigenvalue weighted by Crippen LogP contribution is -2.41. The number of likely N-dealkylation sites (N-methyl/N-ethyl adjacent to an activating group) is 1. The summed E-state index contributed by atoms with van der Waals surface area (Å²) in [7, 11) is 3.50. The second-order valence-electron chi connectivity index (χ2n) is 7.56. The first-order valence-electron chi connectivity index (χ1n) is 9.72. The minimum atomic E-state index is -0.583. The summed E-state index contributed by atoms with van der Waals surface area (Å²) < 4.78 is 5.59. The first kappa shape index (κ1) is 19.6. The highest BCUT2D eigenvalue weighted by Gasteiger charge is 2.31. The monoisotopic (exact) mass is 366 g/mol. The van der Waals surface area contributed by atoms with Gasteiger partial charge in [-0.3, -0.25) is 4.79 Å². The Balaban J connectivity index is 1.83. The van der Waals surface area contributed by atoms with Crippen LogP contribution in [0.25, 0.3) is 0 Å². The van der Waals surface area contributed by atoms with E-state index in [0.29, 0.717) is 0 Å². The third-order valence-corrected chi connectivity index (χ3v) is 5.50. The Morgan fingerprint density at radius 2 is 1.70 bits per heavy atom. The lowest BCUT2D eigenvalue weighted by Gasteiger charge is -2.34. The highest BCUT2D eigenvalue weighted by molar-refractivity contribution is 5.82. The number of ether oxygens (including phenoxy) is 1. The molecule has 0 N–H and O–H groups in total. The van der Waals surface area contributed by atoms with Gasteiger partial charge in [-0.1, -0.05) is 67.6 Å². The molecule has 0 aromatic heterocycles. The topological polar surface area (TPSA) is 32.8 Å². The highest BCUT2D eigenvalue weighted by atomic mass is 16.5. The first-order valence-corrected chi connectivity index (χ1v) is 9.72. The molecule has 1 fully saturated rings. The first-order chi connectivity index (χ1) is 13.1. The summed E-state index contributed by atoms with van der Waals surface area (Å²) in [6, 6.07) is 20.0. The smallest absolute Gasteiger partial charge is 0.256 e. The third-order valence-electron chi connectivity index (χ3n) is 5.50. The van der Waals surface area contributed by atoms with Gasteiger partial charge in [-0.05, 0) is 30.0 Å². The number of hydrogen-bond donors (Lipinski definition) is 0. The molecule has 1 saturated heterocycles. The van der Waals surface area contributed by atoms with Crippen LogP contribution < -0.4 is 0 Å². The number of amides is 1. The van der Waals surface area contributed by atoms with Crippen LogP contribution in [0.2, 0.25) is 0 Å². The molecule has 0 saturated carbocycles. The molecule has 1 heterocycles. The van der Waals surface area contributed by atoms with E-state index in [1.165, 1.54) is 6.42 Å². The molecule has 144 valence electrons. The summed E-state index contributed by atoms with van der Waals surface area (Å²) in [5.74, 6) is 0.711. The van der Waals surface area contributed by atoms with Gasteiger partial charge in [0.2, 0.25) is 0 Å². The van der Waals surface area contributed by atoms with Gasteiger partial charge in [0.1, 0.15) is 0 Å². The number of methoxy groups -OCH3 is 1. The van der Waals surface area contributed by atoms with Crippen LogP contribution in [-0.4, -0.2) is 49.5 Å². The Kier molecular flexibility index (Phi) is 6.64. The standard InChI is InChI=1S/C23H30N2O2/c1-18-14-15-25(16-18)17-21(19-10-6-4-7-11-19)24(2)23(26)22(27-3)20-12-8-5-9-13-20/h4-13,18,21-22H,14-17H2,1-3H3/t18?,21-,22?/m1/s1. The summed E-state index contributed by atoms with van der Waals surface area (Å²) in [6.45, 7) is 5.33. The summed E-state index contributed by atoms with van der Waals surface area (Å²) in [6.07, 6.45) is 0.643. The molecule has 27 heavy (non-hydrogen) atoms. The number of rotatable bonds is 7. The zero-order valence-corrected chi connectivity index (χ0v) is 16.5. The van der Waals surface area contributed by atoms with E-state index in [0.717, 1.165) is 36.7 Å². The van der Waals surface area contributed by atoms with Gasteiger partial charge >= 0.3 is 0 Å². The van der Waals surface area contributed by atoms with Gasteiger partial charge < -0.3 is 14.5 Å². The molecule has 4 heteroatoms. The Morgan fingerprint density at radius 1 is 1.11 bits per heavy atom. The molecule has 2 aromatic rings. The number of nitrogens with zero attached hydrogens (tertiary/aromatic N) is 2. The Hall–Kier alpha value is -2.17. The van der Waals surface area contributed by atoms with E-state index in [1.54, 1.807) is 7.11 Å². The van der Waals surface area contributed by atoms with Crippen molar-refractivity contribution in [1.82, 2.24) is 9.80 Å². The SMILES string of the molecule is COC(C(=O)N(C)[C@H](CN1CCC(C)C1)c1ccccc1)c1ccccc1. The van der Waals surface area contributed by atoms with E-state index in [2.05, 4.69) is 24.0 Å². The van der Waals surface area contributed by atoms with Gasteiger partial charge in [0.15, 0.2) is 6.10 Å². The predicted octanol–water partition coefficient (Wildman–Crippen LogP) is 3.92. The van der Waals surface area contributed by atoms with E-state index in [4.69, 9.17) is 4.74 Å². The van der Waals surface area contributed by atoms with E-state index in [9.17, 15) is 4.79 Å². The number of benzene rings is 2. The van der Waals surface area contributed by atoms with Gasteiger partial charge in [-0.25, -0.2) is 0 Å². The van der Waals surface area contributed by atoms with Gasteiger partial charge in [0, 0.05) is 27.2 Å². The predicted molar refractivity (Wildman–Crippen MR) is 108 cm³/mol. The van der Waals surface area contributed by atoms with Crippen LogP contribution in [-0.2, 0) is 9.53 Å². The fourth-order valence-electron chi connectivity index (χ4n) is 3.91. The number of carbonyl (C=O) groups is 1. The van der Waals surface area contributed by atoms with Crippen LogP contribution in [0.4, 0.5) is 0 Å². The van der Waals surface area contributed by atoms with Crippen molar-refractivity contribution in [3.8, 4) is 0 Å². The summed E-state index contributed by atoms with van der Waals surface area (Å²) >= 11 is 0. The van der Waals surface area contributed by atoms with Gasteiger partial charge in [0.05, 0.1) is 6.04 Å². The molecule has 3 atom stereocenters. The molecule has 0 bridgehead atoms. The van der Waals surface area contributed by atoms with Gasteiger partial charge in [-0.15, -0.1) is 0 Å². The zero-order valence-electron chi connectivity index (χ0n) is 16.5. The Bertz CT molecular complexity index is 720. The van der Waals surface area contributed by atoms with Crippen LogP contribution in [0.5, 0.6) is 0 Å². The average molecular weight is 367 g/mol. The van der Waals surface area contributed by atoms with Crippen molar-refractivity contribution in [3.63, 3.8) is 0 Å². The number of likely N-dealkylation sites (tertiary alicyclic amines) is 1. The minimum absolute atomic E-state index is 0.00497. The second-order valence-corrected chi connectivity index (χ2v) is 7.56. The summed E-state index contributed by atoms with van der Waals surface area (Å²) in [5.41, 5.74) is 2.05. The molecule has 1 aliphatic heterocycles. The largest absolute Gasteiger partial charge is 0.367 e. The van der Waals surface area contributed by atoms with Crippen molar-refractivity contribution >= 4 is 5.91 Å². The molecule has 1 aliphatic rings. The fourth-order valence-corrected chi connectivity index (χ4v) is 3.91. The van der Waals surface area contributed by atoms with Crippen molar-refractivity contribution in [1.29, 1.82) is 0 Å².